The lowest BCUT2D eigenvalue weighted by Crippen LogP contribution is -2.34. The van der Waals surface area contributed by atoms with Crippen molar-refractivity contribution in [1.82, 2.24) is 0 Å². The van der Waals surface area contributed by atoms with Gasteiger partial charge in [-0.05, 0) is 57.8 Å². The normalized spacial score (nSPS) is 14.0. The molecule has 0 spiro atoms. The first kappa shape index (κ1) is 62.2. The molecule has 1 unspecified atom stereocenters. The van der Waals surface area contributed by atoms with Gasteiger partial charge in [0.25, 0.3) is 0 Å². The Bertz CT molecular complexity index is 1330. The monoisotopic (exact) mass is 936 g/mol. The summed E-state index contributed by atoms with van der Waals surface area (Å²) < 4.78 is 32.8. The quantitative estimate of drug-likeness (QED) is 0.0229. The van der Waals surface area contributed by atoms with Gasteiger partial charge in [0.2, 0.25) is 0 Å². The molecule has 0 aliphatic rings. The number of hydrogen-bond acceptors (Lipinski definition) is 9. The summed E-state index contributed by atoms with van der Waals surface area (Å²) in [5.41, 5.74) is 5.35. The van der Waals surface area contributed by atoms with Gasteiger partial charge in [-0.15, -0.1) is 0 Å². The van der Waals surface area contributed by atoms with Crippen molar-refractivity contribution in [3.63, 3.8) is 0 Å². The predicted molar refractivity (Wildman–Crippen MR) is 268 cm³/mol. The van der Waals surface area contributed by atoms with Gasteiger partial charge in [-0.2, -0.15) is 0 Å². The van der Waals surface area contributed by atoms with Gasteiger partial charge < -0.3 is 25.2 Å². The van der Waals surface area contributed by atoms with Gasteiger partial charge in [-0.3, -0.25) is 23.4 Å². The molecule has 0 saturated heterocycles. The molecule has 65 heavy (non-hydrogen) atoms. The van der Waals surface area contributed by atoms with E-state index in [4.69, 9.17) is 24.8 Å². The zero-order chi connectivity index (χ0) is 47.7. The van der Waals surface area contributed by atoms with E-state index in [0.717, 1.165) is 70.6 Å². The number of phosphoric acid groups is 1. The Balaban J connectivity index is 4.27. The first-order valence-electron chi connectivity index (χ1n) is 25.8. The number of phosphoric ester groups is 1. The number of esters is 2. The zero-order valence-electron chi connectivity index (χ0n) is 41.1. The third-order valence-electron chi connectivity index (χ3n) is 11.0. The van der Waals surface area contributed by atoms with Crippen LogP contribution in [0.25, 0.3) is 0 Å². The fourth-order valence-corrected chi connectivity index (χ4v) is 7.81. The van der Waals surface area contributed by atoms with Crippen molar-refractivity contribution in [3.05, 3.63) is 60.8 Å². The van der Waals surface area contributed by atoms with Gasteiger partial charge in [0.05, 0.1) is 13.2 Å². The molecule has 0 aromatic heterocycles. The number of unbranched alkanes of at least 4 members (excludes halogenated alkanes) is 24. The van der Waals surface area contributed by atoms with E-state index >= 15 is 0 Å². The number of carbonyl (C=O) groups is 3. The van der Waals surface area contributed by atoms with Crippen molar-refractivity contribution in [2.75, 3.05) is 19.8 Å². The van der Waals surface area contributed by atoms with Crippen molar-refractivity contribution in [2.45, 2.75) is 238 Å². The average molecular weight is 936 g/mol. The lowest BCUT2D eigenvalue weighted by Gasteiger charge is -2.20. The van der Waals surface area contributed by atoms with Gasteiger partial charge in [0.15, 0.2) is 6.10 Å². The van der Waals surface area contributed by atoms with E-state index < -0.39 is 51.1 Å². The highest BCUT2D eigenvalue weighted by molar-refractivity contribution is 7.47. The maximum atomic E-state index is 12.7. The fourth-order valence-electron chi connectivity index (χ4n) is 7.03. The van der Waals surface area contributed by atoms with Crippen LogP contribution in [0.2, 0.25) is 0 Å². The number of nitrogens with two attached hydrogens (primary N) is 1. The molecule has 0 aromatic rings. The summed E-state index contributed by atoms with van der Waals surface area (Å²) in [6, 6.07) is -1.53. The van der Waals surface area contributed by atoms with Gasteiger partial charge in [-0.1, -0.05) is 216 Å². The second kappa shape index (κ2) is 47.7. The summed E-state index contributed by atoms with van der Waals surface area (Å²) in [7, 11) is -4.73. The first-order chi connectivity index (χ1) is 31.6. The first-order valence-corrected chi connectivity index (χ1v) is 27.3. The van der Waals surface area contributed by atoms with E-state index in [0.29, 0.717) is 12.8 Å². The maximum absolute atomic E-state index is 12.7. The summed E-state index contributed by atoms with van der Waals surface area (Å²) in [6.07, 6.45) is 57.2. The van der Waals surface area contributed by atoms with Crippen LogP contribution in [0.3, 0.4) is 0 Å². The van der Waals surface area contributed by atoms with Crippen molar-refractivity contribution < 1.29 is 47.5 Å². The average Bonchev–Trinajstić information content (AvgIpc) is 3.28. The summed E-state index contributed by atoms with van der Waals surface area (Å²) in [5.74, 6) is -2.41. The lowest BCUT2D eigenvalue weighted by molar-refractivity contribution is -0.161. The van der Waals surface area contributed by atoms with Gasteiger partial charge >= 0.3 is 25.7 Å². The summed E-state index contributed by atoms with van der Waals surface area (Å²) in [6.45, 7) is 2.69. The van der Waals surface area contributed by atoms with Crippen LogP contribution < -0.4 is 5.73 Å². The maximum Gasteiger partial charge on any atom is 0.472 e. The molecule has 0 saturated carbocycles. The predicted octanol–water partition coefficient (Wildman–Crippen LogP) is 14.7. The molecule has 376 valence electrons. The molecule has 0 heterocycles. The number of hydrogen-bond donors (Lipinski definition) is 3. The van der Waals surface area contributed by atoms with E-state index in [9.17, 15) is 23.8 Å². The molecule has 0 radical (unpaired) electrons. The van der Waals surface area contributed by atoms with E-state index in [1.807, 2.05) is 0 Å². The van der Waals surface area contributed by atoms with Crippen LogP contribution in [0.5, 0.6) is 0 Å². The second-order valence-electron chi connectivity index (χ2n) is 17.3. The SMILES string of the molecule is CC/C=C/C/C=C/C/C=C/C/C=C/C/C=C/CCCCCC(=O)O[C@H](COC(=O)CCCCCCCCCCCCCCCCCCCCCCCC)COP(=O)(O)OC[C@H](N)C(=O)O. The second-order valence-corrected chi connectivity index (χ2v) is 18.7. The number of carboxylic acid groups (broad SMARTS) is 1. The van der Waals surface area contributed by atoms with E-state index in [-0.39, 0.29) is 19.4 Å². The molecule has 11 nitrogen and oxygen atoms in total. The Kier molecular flexibility index (Phi) is 45.6. The largest absolute Gasteiger partial charge is 0.480 e. The standard InChI is InChI=1S/C53H94NO10P/c1-3-5-7-9-11-13-15-17-19-21-23-24-25-27-28-30-32-34-36-38-40-42-44-51(55)61-46-49(47-62-65(59,60)63-48-50(54)53(57)58)64-52(56)45-43-41-39-37-35-33-31-29-26-22-20-18-16-14-12-10-8-6-4-2/h6,8,12,14,18,20,26,29,33,35,49-50H,3-5,7,9-11,13,15-17,19,21-25,27-28,30-32,34,36-48,54H2,1-2H3,(H,57,58)(H,59,60)/b8-6+,14-12+,20-18+,29-26+,35-33+/t49-,50+/m1/s1. The molecule has 3 atom stereocenters. The van der Waals surface area contributed by atoms with Crippen LogP contribution in [0.15, 0.2) is 60.8 Å². The van der Waals surface area contributed by atoms with E-state index in [2.05, 4.69) is 79.1 Å². The topological polar surface area (TPSA) is 172 Å². The number of rotatable bonds is 48. The highest BCUT2D eigenvalue weighted by atomic mass is 31.2. The van der Waals surface area contributed by atoms with Crippen LogP contribution in [0.4, 0.5) is 0 Å². The van der Waals surface area contributed by atoms with Crippen molar-refractivity contribution in [2.24, 2.45) is 5.73 Å². The molecule has 0 rings (SSSR count). The van der Waals surface area contributed by atoms with Crippen molar-refractivity contribution in [3.8, 4) is 0 Å². The molecule has 4 N–H and O–H groups in total. The van der Waals surface area contributed by atoms with Gasteiger partial charge in [0.1, 0.15) is 12.6 Å². The van der Waals surface area contributed by atoms with Crippen LogP contribution in [-0.2, 0) is 37.5 Å². The minimum Gasteiger partial charge on any atom is -0.480 e. The Morgan fingerprint density at radius 1 is 0.492 bits per heavy atom. The number of carboxylic acids is 1. The summed E-state index contributed by atoms with van der Waals surface area (Å²) >= 11 is 0. The number of allylic oxidation sites excluding steroid dienone is 10. The molecule has 0 aromatic carbocycles. The van der Waals surface area contributed by atoms with E-state index in [1.54, 1.807) is 0 Å². The van der Waals surface area contributed by atoms with E-state index in [1.165, 1.54) is 116 Å². The highest BCUT2D eigenvalue weighted by Gasteiger charge is 2.28. The molecular formula is C53H94NO10P. The zero-order valence-corrected chi connectivity index (χ0v) is 42.0. The molecule has 0 fully saturated rings. The molecule has 12 heteroatoms. The number of ether oxygens (including phenoxy) is 2. The molecule has 0 bridgehead atoms. The fraction of sp³-hybridized carbons (Fsp3) is 0.755. The van der Waals surface area contributed by atoms with Crippen LogP contribution >= 0.6 is 7.82 Å². The molecule has 0 aliphatic heterocycles. The Labute approximate surface area is 396 Å². The van der Waals surface area contributed by atoms with Crippen LogP contribution in [0, 0.1) is 0 Å². The van der Waals surface area contributed by atoms with Gasteiger partial charge in [-0.25, -0.2) is 4.57 Å². The highest BCUT2D eigenvalue weighted by Crippen LogP contribution is 2.43. The Morgan fingerprint density at radius 2 is 0.862 bits per heavy atom. The lowest BCUT2D eigenvalue weighted by atomic mass is 10.0. The molecular weight excluding hydrogens is 842 g/mol. The Morgan fingerprint density at radius 3 is 1.29 bits per heavy atom. The number of aliphatic carboxylic acids is 1. The molecule has 0 aliphatic carbocycles. The summed E-state index contributed by atoms with van der Waals surface area (Å²) in [5, 5.41) is 8.92. The third kappa shape index (κ3) is 47.5. The van der Waals surface area contributed by atoms with Crippen LogP contribution in [-0.4, -0.2) is 59.9 Å². The summed E-state index contributed by atoms with van der Waals surface area (Å²) in [4.78, 5) is 46.2. The minimum absolute atomic E-state index is 0.121. The van der Waals surface area contributed by atoms with Crippen LogP contribution in [0.1, 0.15) is 226 Å². The smallest absolute Gasteiger partial charge is 0.472 e. The number of carbonyl (C=O) groups excluding carboxylic acids is 2. The van der Waals surface area contributed by atoms with Crippen molar-refractivity contribution >= 4 is 25.7 Å². The van der Waals surface area contributed by atoms with Gasteiger partial charge in [0, 0.05) is 12.8 Å². The van der Waals surface area contributed by atoms with Crippen molar-refractivity contribution in [1.29, 1.82) is 0 Å². The molecule has 0 amide bonds. The Hall–Kier alpha value is -2.82. The third-order valence-corrected chi connectivity index (χ3v) is 12.0. The minimum atomic E-state index is -4.73.